The zero-order valence-corrected chi connectivity index (χ0v) is 7.36. The van der Waals surface area contributed by atoms with Gasteiger partial charge >= 0.3 is 6.18 Å². The summed E-state index contributed by atoms with van der Waals surface area (Å²) in [6.45, 7) is 0. The Morgan fingerprint density at radius 3 is 2.36 bits per heavy atom. The summed E-state index contributed by atoms with van der Waals surface area (Å²) in [6.07, 6.45) is -4.66. The second kappa shape index (κ2) is 3.49. The van der Waals surface area contributed by atoms with Crippen LogP contribution >= 0.6 is 11.6 Å². The van der Waals surface area contributed by atoms with Crippen molar-refractivity contribution in [2.45, 2.75) is 6.18 Å². The first kappa shape index (κ1) is 10.8. The Morgan fingerprint density at radius 2 is 1.93 bits per heavy atom. The lowest BCUT2D eigenvalue weighted by molar-refractivity contribution is -0.137. The Bertz CT molecular complexity index is 373. The van der Waals surface area contributed by atoms with E-state index in [1.54, 1.807) is 0 Å². The van der Waals surface area contributed by atoms with Crippen LogP contribution < -0.4 is 0 Å². The first-order valence-electron chi connectivity index (χ1n) is 3.42. The van der Waals surface area contributed by atoms with E-state index in [1.165, 1.54) is 0 Å². The van der Waals surface area contributed by atoms with Crippen molar-refractivity contribution < 1.29 is 23.1 Å². The Labute approximate surface area is 81.9 Å². The predicted molar refractivity (Wildman–Crippen MR) is 43.3 cm³/mol. The van der Waals surface area contributed by atoms with Crippen molar-refractivity contribution >= 4 is 16.8 Å². The molecule has 0 bridgehead atoms. The number of hydrogen-bond donors (Lipinski definition) is 1. The van der Waals surface area contributed by atoms with Gasteiger partial charge in [-0.15, -0.1) is 0 Å². The van der Waals surface area contributed by atoms with Crippen LogP contribution in [0.3, 0.4) is 0 Å². The van der Waals surface area contributed by atoms with E-state index >= 15 is 0 Å². The highest BCUT2D eigenvalue weighted by Crippen LogP contribution is 2.34. The average molecular weight is 225 g/mol. The Kier molecular flexibility index (Phi) is 2.71. The maximum Gasteiger partial charge on any atom is 0.417 e. The molecule has 1 rings (SSSR count). The Morgan fingerprint density at radius 1 is 1.36 bits per heavy atom. The summed E-state index contributed by atoms with van der Waals surface area (Å²) in [4.78, 5) is 10.6. The van der Waals surface area contributed by atoms with Gasteiger partial charge in [0.2, 0.25) is 0 Å². The summed E-state index contributed by atoms with van der Waals surface area (Å²) in [5.74, 6) is -0.443. The van der Waals surface area contributed by atoms with E-state index in [0.29, 0.717) is 12.1 Å². The minimum Gasteiger partial charge on any atom is -0.508 e. The van der Waals surface area contributed by atoms with Crippen LogP contribution in [0.15, 0.2) is 18.2 Å². The van der Waals surface area contributed by atoms with Gasteiger partial charge in [0.15, 0.2) is 0 Å². The molecule has 0 unspecified atom stereocenters. The summed E-state index contributed by atoms with van der Waals surface area (Å²) in [6, 6.07) is 2.12. The smallest absolute Gasteiger partial charge is 0.417 e. The maximum atomic E-state index is 12.2. The van der Waals surface area contributed by atoms with Gasteiger partial charge in [0, 0.05) is 5.56 Å². The zero-order valence-electron chi connectivity index (χ0n) is 6.60. The van der Waals surface area contributed by atoms with Crippen LogP contribution in [-0.2, 0) is 6.18 Å². The Balaban J connectivity index is 3.37. The Hall–Kier alpha value is -1.23. The third-order valence-corrected chi connectivity index (χ3v) is 1.72. The molecular weight excluding hydrogens is 221 g/mol. The quantitative estimate of drug-likeness (QED) is 0.745. The van der Waals surface area contributed by atoms with Crippen LogP contribution in [0, 0.1) is 0 Å². The number of hydrogen-bond acceptors (Lipinski definition) is 2. The van der Waals surface area contributed by atoms with Crippen molar-refractivity contribution in [2.75, 3.05) is 0 Å². The molecule has 0 saturated carbocycles. The molecule has 0 spiro atoms. The number of benzene rings is 1. The van der Waals surface area contributed by atoms with Crippen molar-refractivity contribution in [2.24, 2.45) is 0 Å². The van der Waals surface area contributed by atoms with Gasteiger partial charge in [-0.1, -0.05) is 0 Å². The van der Waals surface area contributed by atoms with Gasteiger partial charge in [0.25, 0.3) is 5.24 Å². The summed E-state index contributed by atoms with van der Waals surface area (Å²) in [5, 5.41) is 7.62. The molecule has 0 aliphatic heterocycles. The lowest BCUT2D eigenvalue weighted by atomic mass is 10.1. The van der Waals surface area contributed by atoms with Gasteiger partial charge in [-0.05, 0) is 29.8 Å². The number of halogens is 4. The normalized spacial score (nSPS) is 11.4. The van der Waals surface area contributed by atoms with Gasteiger partial charge in [-0.2, -0.15) is 13.2 Å². The molecule has 6 heteroatoms. The molecular formula is C8H4ClF3O2. The fourth-order valence-electron chi connectivity index (χ4n) is 0.942. The number of alkyl halides is 3. The van der Waals surface area contributed by atoms with Crippen LogP contribution in [0.5, 0.6) is 5.75 Å². The molecule has 0 saturated heterocycles. The number of carbonyl (C=O) groups excluding carboxylic acids is 1. The van der Waals surface area contributed by atoms with E-state index in [-0.39, 0.29) is 0 Å². The molecule has 0 aromatic heterocycles. The second-order valence-electron chi connectivity index (χ2n) is 2.50. The van der Waals surface area contributed by atoms with Crippen LogP contribution in [0.25, 0.3) is 0 Å². The first-order chi connectivity index (χ1) is 6.32. The summed E-state index contributed by atoms with van der Waals surface area (Å²) >= 11 is 4.94. The number of phenols is 1. The molecule has 76 valence electrons. The molecule has 2 nitrogen and oxygen atoms in total. The predicted octanol–water partition coefficient (Wildman–Crippen LogP) is 2.79. The molecule has 1 aromatic rings. The first-order valence-corrected chi connectivity index (χ1v) is 3.80. The number of phenolic OH excluding ortho intramolecular Hbond substituents is 1. The van der Waals surface area contributed by atoms with Crippen molar-refractivity contribution in [3.63, 3.8) is 0 Å². The molecule has 1 aromatic carbocycles. The highest BCUT2D eigenvalue weighted by Gasteiger charge is 2.34. The molecule has 0 amide bonds. The van der Waals surface area contributed by atoms with Gasteiger partial charge in [0.05, 0.1) is 5.56 Å². The maximum absolute atomic E-state index is 12.2. The van der Waals surface area contributed by atoms with Crippen molar-refractivity contribution in [1.82, 2.24) is 0 Å². The fraction of sp³-hybridized carbons (Fsp3) is 0.125. The monoisotopic (exact) mass is 224 g/mol. The number of rotatable bonds is 1. The van der Waals surface area contributed by atoms with Crippen LogP contribution in [0.1, 0.15) is 15.9 Å². The van der Waals surface area contributed by atoms with Crippen molar-refractivity contribution in [3.05, 3.63) is 29.3 Å². The molecule has 0 atom stereocenters. The summed E-state index contributed by atoms with van der Waals surface area (Å²) in [7, 11) is 0. The highest BCUT2D eigenvalue weighted by atomic mass is 35.5. The molecule has 0 fully saturated rings. The topological polar surface area (TPSA) is 37.3 Å². The minimum absolute atomic E-state index is 0.443. The molecule has 0 aliphatic carbocycles. The molecule has 0 aliphatic rings. The van der Waals surface area contributed by atoms with Gasteiger partial charge in [-0.25, -0.2) is 0 Å². The lowest BCUT2D eigenvalue weighted by Crippen LogP contribution is -2.10. The second-order valence-corrected chi connectivity index (χ2v) is 2.84. The van der Waals surface area contributed by atoms with E-state index in [1.807, 2.05) is 0 Å². The van der Waals surface area contributed by atoms with Crippen LogP contribution in [0.4, 0.5) is 13.2 Å². The molecule has 0 heterocycles. The van der Waals surface area contributed by atoms with E-state index in [4.69, 9.17) is 16.7 Å². The van der Waals surface area contributed by atoms with E-state index in [0.717, 1.165) is 6.07 Å². The molecule has 1 N–H and O–H groups in total. The summed E-state index contributed by atoms with van der Waals surface area (Å²) < 4.78 is 36.7. The standard InChI is InChI=1S/C8H4ClF3O2/c9-7(14)5-3-4(13)1-2-6(5)8(10,11)12/h1-3,13H. The van der Waals surface area contributed by atoms with Crippen LogP contribution in [-0.4, -0.2) is 10.3 Å². The van der Waals surface area contributed by atoms with Crippen LogP contribution in [0.2, 0.25) is 0 Å². The zero-order chi connectivity index (χ0) is 10.9. The third kappa shape index (κ3) is 2.17. The SMILES string of the molecule is O=C(Cl)c1cc(O)ccc1C(F)(F)F. The molecule has 14 heavy (non-hydrogen) atoms. The van der Waals surface area contributed by atoms with Crippen molar-refractivity contribution in [3.8, 4) is 5.75 Å². The number of carbonyl (C=O) groups is 1. The van der Waals surface area contributed by atoms with Crippen molar-refractivity contribution in [1.29, 1.82) is 0 Å². The lowest BCUT2D eigenvalue weighted by Gasteiger charge is -2.09. The van der Waals surface area contributed by atoms with E-state index in [2.05, 4.69) is 0 Å². The third-order valence-electron chi connectivity index (χ3n) is 1.52. The van der Waals surface area contributed by atoms with E-state index < -0.39 is 28.3 Å². The molecule has 0 radical (unpaired) electrons. The van der Waals surface area contributed by atoms with Gasteiger partial charge in [0.1, 0.15) is 5.75 Å². The van der Waals surface area contributed by atoms with E-state index in [9.17, 15) is 18.0 Å². The highest BCUT2D eigenvalue weighted by molar-refractivity contribution is 6.68. The van der Waals surface area contributed by atoms with Gasteiger partial charge in [-0.3, -0.25) is 4.79 Å². The fourth-order valence-corrected chi connectivity index (χ4v) is 1.10. The largest absolute Gasteiger partial charge is 0.508 e. The van der Waals surface area contributed by atoms with Gasteiger partial charge < -0.3 is 5.11 Å². The average Bonchev–Trinajstić information content (AvgIpc) is 2.01. The summed E-state index contributed by atoms with van der Waals surface area (Å²) in [5.41, 5.74) is -1.91. The minimum atomic E-state index is -4.66. The number of aromatic hydroxyl groups is 1.